The van der Waals surface area contributed by atoms with Gasteiger partial charge in [-0.3, -0.25) is 0 Å². The van der Waals surface area contributed by atoms with Crippen molar-refractivity contribution in [2.75, 3.05) is 5.32 Å². The Kier molecular flexibility index (Phi) is 3.87. The van der Waals surface area contributed by atoms with Gasteiger partial charge in [0.15, 0.2) is 0 Å². The average molecular weight is 284 g/mol. The fourth-order valence-electron chi connectivity index (χ4n) is 2.17. The lowest BCUT2D eigenvalue weighted by molar-refractivity contribution is 0.0691. The minimum absolute atomic E-state index is 0.0347. The first-order valence-corrected chi connectivity index (χ1v) is 6.16. The Morgan fingerprint density at radius 2 is 1.90 bits per heavy atom. The second-order valence-electron chi connectivity index (χ2n) is 4.99. The maximum atomic E-state index is 13.5. The number of anilines is 1. The normalized spacial score (nSPS) is 20.9. The Balaban J connectivity index is 2.06. The molecule has 1 aliphatic rings. The number of urea groups is 1. The zero-order valence-electron chi connectivity index (χ0n) is 10.7. The van der Waals surface area contributed by atoms with E-state index in [4.69, 9.17) is 5.11 Å². The van der Waals surface area contributed by atoms with Gasteiger partial charge in [-0.15, -0.1) is 0 Å². The molecule has 2 amide bonds. The van der Waals surface area contributed by atoms with Crippen LogP contribution in [0.5, 0.6) is 0 Å². The van der Waals surface area contributed by atoms with Crippen LogP contribution in [0.4, 0.5) is 19.3 Å². The Labute approximate surface area is 114 Å². The highest BCUT2D eigenvalue weighted by molar-refractivity contribution is 5.93. The van der Waals surface area contributed by atoms with Gasteiger partial charge in [-0.1, -0.05) is 6.92 Å². The highest BCUT2D eigenvalue weighted by Crippen LogP contribution is 2.26. The van der Waals surface area contributed by atoms with Crippen molar-refractivity contribution in [3.05, 3.63) is 29.3 Å². The molecule has 0 atom stereocenters. The van der Waals surface area contributed by atoms with Crippen LogP contribution in [0, 0.1) is 17.6 Å². The molecule has 7 heteroatoms. The van der Waals surface area contributed by atoms with E-state index in [2.05, 4.69) is 17.6 Å². The van der Waals surface area contributed by atoms with Crippen LogP contribution in [-0.4, -0.2) is 23.1 Å². The van der Waals surface area contributed by atoms with E-state index in [1.165, 1.54) is 0 Å². The molecule has 0 spiro atoms. The molecule has 3 N–H and O–H groups in total. The number of carboxylic acid groups (broad SMARTS) is 1. The lowest BCUT2D eigenvalue weighted by Gasteiger charge is -2.33. The van der Waals surface area contributed by atoms with Gasteiger partial charge >= 0.3 is 12.0 Å². The van der Waals surface area contributed by atoms with Gasteiger partial charge in [-0.05, 0) is 24.8 Å². The highest BCUT2D eigenvalue weighted by atomic mass is 19.1. The number of aromatic carboxylic acids is 1. The summed E-state index contributed by atoms with van der Waals surface area (Å²) in [7, 11) is 0. The second kappa shape index (κ2) is 5.44. The summed E-state index contributed by atoms with van der Waals surface area (Å²) in [6.45, 7) is 2.05. The summed E-state index contributed by atoms with van der Waals surface area (Å²) < 4.78 is 26.7. The smallest absolute Gasteiger partial charge is 0.338 e. The van der Waals surface area contributed by atoms with E-state index in [1.54, 1.807) is 0 Å². The molecule has 1 saturated carbocycles. The maximum absolute atomic E-state index is 13.5. The number of rotatable bonds is 3. The third kappa shape index (κ3) is 3.04. The van der Waals surface area contributed by atoms with Gasteiger partial charge in [0.1, 0.15) is 11.6 Å². The van der Waals surface area contributed by atoms with Gasteiger partial charge in [0.25, 0.3) is 0 Å². The lowest BCUT2D eigenvalue weighted by Crippen LogP contribution is -2.45. The van der Waals surface area contributed by atoms with E-state index in [1.807, 2.05) is 0 Å². The largest absolute Gasteiger partial charge is 0.478 e. The van der Waals surface area contributed by atoms with E-state index >= 15 is 0 Å². The number of hydrogen-bond donors (Lipinski definition) is 3. The molecule has 108 valence electrons. The van der Waals surface area contributed by atoms with Gasteiger partial charge in [-0.25, -0.2) is 18.4 Å². The van der Waals surface area contributed by atoms with E-state index in [0.717, 1.165) is 18.9 Å². The van der Waals surface area contributed by atoms with Crippen molar-refractivity contribution >= 4 is 17.7 Å². The van der Waals surface area contributed by atoms with Crippen molar-refractivity contribution in [3.8, 4) is 0 Å². The Morgan fingerprint density at radius 3 is 2.45 bits per heavy atom. The fraction of sp³-hybridized carbons (Fsp3) is 0.385. The summed E-state index contributed by atoms with van der Waals surface area (Å²) >= 11 is 0. The topological polar surface area (TPSA) is 78.4 Å². The van der Waals surface area contributed by atoms with Crippen molar-refractivity contribution in [2.24, 2.45) is 5.92 Å². The van der Waals surface area contributed by atoms with Crippen LogP contribution in [0.25, 0.3) is 0 Å². The van der Waals surface area contributed by atoms with Crippen molar-refractivity contribution in [2.45, 2.75) is 25.8 Å². The zero-order chi connectivity index (χ0) is 14.9. The minimum atomic E-state index is -1.53. The van der Waals surface area contributed by atoms with Crippen LogP contribution in [0.3, 0.4) is 0 Å². The molecule has 0 bridgehead atoms. The van der Waals surface area contributed by atoms with Gasteiger partial charge in [-0.2, -0.15) is 0 Å². The number of amides is 2. The van der Waals surface area contributed by atoms with Crippen molar-refractivity contribution in [1.29, 1.82) is 0 Å². The van der Waals surface area contributed by atoms with Crippen LogP contribution in [0.2, 0.25) is 0 Å². The summed E-state index contributed by atoms with van der Waals surface area (Å²) in [5.74, 6) is -3.20. The fourth-order valence-corrected chi connectivity index (χ4v) is 2.17. The molecule has 1 aromatic carbocycles. The van der Waals surface area contributed by atoms with E-state index in [-0.39, 0.29) is 11.7 Å². The molecule has 1 aromatic rings. The second-order valence-corrected chi connectivity index (χ2v) is 4.99. The highest BCUT2D eigenvalue weighted by Gasteiger charge is 2.27. The van der Waals surface area contributed by atoms with Gasteiger partial charge in [0.05, 0.1) is 11.3 Å². The Bertz CT molecular complexity index is 557. The quantitative estimate of drug-likeness (QED) is 0.798. The monoisotopic (exact) mass is 284 g/mol. The van der Waals surface area contributed by atoms with Crippen molar-refractivity contribution < 1.29 is 23.5 Å². The number of benzene rings is 1. The molecule has 20 heavy (non-hydrogen) atoms. The summed E-state index contributed by atoms with van der Waals surface area (Å²) in [6.07, 6.45) is 1.69. The molecule has 1 fully saturated rings. The first-order chi connectivity index (χ1) is 9.36. The van der Waals surface area contributed by atoms with Crippen molar-refractivity contribution in [1.82, 2.24) is 5.32 Å². The number of halogens is 2. The van der Waals surface area contributed by atoms with E-state index < -0.39 is 29.2 Å². The third-order valence-electron chi connectivity index (χ3n) is 3.24. The van der Waals surface area contributed by atoms with Crippen LogP contribution in [0.15, 0.2) is 12.1 Å². The predicted octanol–water partition coefficient (Wildman–Crippen LogP) is 2.58. The first kappa shape index (κ1) is 14.2. The molecule has 0 unspecified atom stereocenters. The molecular weight excluding hydrogens is 270 g/mol. The molecule has 2 rings (SSSR count). The molecule has 0 radical (unpaired) electrons. The van der Waals surface area contributed by atoms with Gasteiger partial charge < -0.3 is 15.7 Å². The molecule has 1 aliphatic carbocycles. The molecule has 0 aliphatic heterocycles. The molecular formula is C13H14F2N2O3. The van der Waals surface area contributed by atoms with Gasteiger partial charge in [0, 0.05) is 12.1 Å². The first-order valence-electron chi connectivity index (χ1n) is 6.16. The summed E-state index contributed by atoms with van der Waals surface area (Å²) in [6, 6.07) is 0.594. The van der Waals surface area contributed by atoms with Crippen LogP contribution in [0.1, 0.15) is 30.1 Å². The van der Waals surface area contributed by atoms with Crippen LogP contribution < -0.4 is 10.6 Å². The molecule has 5 nitrogen and oxygen atoms in total. The number of carbonyl (C=O) groups is 2. The predicted molar refractivity (Wildman–Crippen MR) is 67.7 cm³/mol. The Morgan fingerprint density at radius 1 is 1.25 bits per heavy atom. The molecule has 0 heterocycles. The summed E-state index contributed by atoms with van der Waals surface area (Å²) in [4.78, 5) is 22.4. The van der Waals surface area contributed by atoms with E-state index in [9.17, 15) is 18.4 Å². The van der Waals surface area contributed by atoms with Crippen LogP contribution >= 0.6 is 0 Å². The zero-order valence-corrected chi connectivity index (χ0v) is 10.7. The maximum Gasteiger partial charge on any atom is 0.338 e. The van der Waals surface area contributed by atoms with Crippen molar-refractivity contribution in [3.63, 3.8) is 0 Å². The summed E-state index contributed by atoms with van der Waals surface area (Å²) in [5, 5.41) is 13.6. The number of nitrogens with one attached hydrogen (secondary N) is 2. The molecule has 0 aromatic heterocycles. The molecule has 0 saturated heterocycles. The van der Waals surface area contributed by atoms with Gasteiger partial charge in [0.2, 0.25) is 0 Å². The lowest BCUT2D eigenvalue weighted by atomic mass is 9.82. The van der Waals surface area contributed by atoms with Crippen LogP contribution in [-0.2, 0) is 0 Å². The summed E-state index contributed by atoms with van der Waals surface area (Å²) in [5.41, 5.74) is -1.06. The number of carbonyl (C=O) groups excluding carboxylic acids is 1. The minimum Gasteiger partial charge on any atom is -0.478 e. The number of carboxylic acids is 1. The standard InChI is InChI=1S/C13H14F2N2O3/c1-6-2-7(3-6)16-13(20)17-11-4-8(12(18)19)9(14)5-10(11)15/h4-7H,2-3H2,1H3,(H,18,19)(H2,16,17,20). The number of hydrogen-bond acceptors (Lipinski definition) is 2. The van der Waals surface area contributed by atoms with E-state index in [0.29, 0.717) is 12.0 Å². The average Bonchev–Trinajstić information content (AvgIpc) is 2.30. The Hall–Kier alpha value is -2.18. The SMILES string of the molecule is CC1CC(NC(=O)Nc2cc(C(=O)O)c(F)cc2F)C1. The third-order valence-corrected chi connectivity index (χ3v) is 3.24.